The molecule has 0 spiro atoms. The van der Waals surface area contributed by atoms with E-state index in [1.165, 1.54) is 0 Å². The first-order valence-corrected chi connectivity index (χ1v) is 6.63. The number of benzene rings is 1. The SMILES string of the molecule is Cc1cc(C)c(C(=O)NC(C)CCN(C)C)cc1N. The molecule has 0 saturated heterocycles. The molecule has 0 aliphatic carbocycles. The van der Waals surface area contributed by atoms with Crippen molar-refractivity contribution in [3.8, 4) is 0 Å². The number of anilines is 1. The van der Waals surface area contributed by atoms with Gasteiger partial charge in [0.05, 0.1) is 0 Å². The molecule has 0 radical (unpaired) electrons. The maximum atomic E-state index is 12.2. The summed E-state index contributed by atoms with van der Waals surface area (Å²) in [5.74, 6) is -0.0459. The van der Waals surface area contributed by atoms with E-state index in [1.54, 1.807) is 6.07 Å². The van der Waals surface area contributed by atoms with Crippen LogP contribution >= 0.6 is 0 Å². The van der Waals surface area contributed by atoms with E-state index in [9.17, 15) is 4.79 Å². The van der Waals surface area contributed by atoms with Crippen LogP contribution in [0, 0.1) is 13.8 Å². The van der Waals surface area contributed by atoms with Crippen LogP contribution in [0.15, 0.2) is 12.1 Å². The molecule has 1 rings (SSSR count). The fourth-order valence-corrected chi connectivity index (χ4v) is 1.94. The summed E-state index contributed by atoms with van der Waals surface area (Å²) in [7, 11) is 4.05. The topological polar surface area (TPSA) is 58.4 Å². The van der Waals surface area contributed by atoms with Crippen LogP contribution in [0.5, 0.6) is 0 Å². The Morgan fingerprint density at radius 2 is 1.95 bits per heavy atom. The minimum atomic E-state index is -0.0459. The van der Waals surface area contributed by atoms with E-state index in [0.29, 0.717) is 11.3 Å². The fraction of sp³-hybridized carbons (Fsp3) is 0.533. The molecule has 1 amide bonds. The lowest BCUT2D eigenvalue weighted by atomic mass is 10.0. The summed E-state index contributed by atoms with van der Waals surface area (Å²) in [6.45, 7) is 6.86. The summed E-state index contributed by atoms with van der Waals surface area (Å²) >= 11 is 0. The van der Waals surface area contributed by atoms with Gasteiger partial charge in [0, 0.05) is 17.3 Å². The molecule has 3 N–H and O–H groups in total. The number of hydrogen-bond acceptors (Lipinski definition) is 3. The molecule has 0 aromatic heterocycles. The predicted octanol–water partition coefficient (Wildman–Crippen LogP) is 1.96. The highest BCUT2D eigenvalue weighted by Crippen LogP contribution is 2.17. The zero-order valence-corrected chi connectivity index (χ0v) is 12.6. The van der Waals surface area contributed by atoms with Crippen LogP contribution < -0.4 is 11.1 Å². The van der Waals surface area contributed by atoms with E-state index in [0.717, 1.165) is 24.1 Å². The number of aryl methyl sites for hydroxylation is 2. The third-order valence-electron chi connectivity index (χ3n) is 3.24. The highest BCUT2D eigenvalue weighted by atomic mass is 16.1. The van der Waals surface area contributed by atoms with Crippen molar-refractivity contribution < 1.29 is 4.79 Å². The molecule has 0 fully saturated rings. The van der Waals surface area contributed by atoms with Crippen molar-refractivity contribution in [2.45, 2.75) is 33.2 Å². The fourth-order valence-electron chi connectivity index (χ4n) is 1.94. The number of nitrogens with one attached hydrogen (secondary N) is 1. The maximum absolute atomic E-state index is 12.2. The number of nitrogens with zero attached hydrogens (tertiary/aromatic N) is 1. The summed E-state index contributed by atoms with van der Waals surface area (Å²) in [5.41, 5.74) is 9.17. The lowest BCUT2D eigenvalue weighted by molar-refractivity contribution is 0.0936. The number of nitrogens with two attached hydrogens (primary N) is 1. The Labute approximate surface area is 116 Å². The molecule has 19 heavy (non-hydrogen) atoms. The third kappa shape index (κ3) is 4.56. The monoisotopic (exact) mass is 263 g/mol. The van der Waals surface area contributed by atoms with Gasteiger partial charge in [-0.05, 0) is 65.0 Å². The molecule has 1 aromatic carbocycles. The Morgan fingerprint density at radius 1 is 1.32 bits per heavy atom. The van der Waals surface area contributed by atoms with Gasteiger partial charge in [0.1, 0.15) is 0 Å². The molecule has 4 nitrogen and oxygen atoms in total. The molecule has 0 heterocycles. The summed E-state index contributed by atoms with van der Waals surface area (Å²) in [4.78, 5) is 14.3. The number of hydrogen-bond donors (Lipinski definition) is 2. The van der Waals surface area contributed by atoms with Crippen LogP contribution in [0.3, 0.4) is 0 Å². The molecule has 0 bridgehead atoms. The standard InChI is InChI=1S/C15H25N3O/c1-10-8-11(2)14(16)9-13(10)15(19)17-12(3)6-7-18(4)5/h8-9,12H,6-7,16H2,1-5H3,(H,17,19). The van der Waals surface area contributed by atoms with E-state index in [-0.39, 0.29) is 11.9 Å². The first-order valence-electron chi connectivity index (χ1n) is 6.63. The van der Waals surface area contributed by atoms with Gasteiger partial charge in [0.25, 0.3) is 5.91 Å². The number of carbonyl (C=O) groups excluding carboxylic acids is 1. The largest absolute Gasteiger partial charge is 0.398 e. The highest BCUT2D eigenvalue weighted by molar-refractivity contribution is 5.96. The van der Waals surface area contributed by atoms with Crippen LogP contribution in [0.25, 0.3) is 0 Å². The van der Waals surface area contributed by atoms with Crippen molar-refractivity contribution in [1.82, 2.24) is 10.2 Å². The summed E-state index contributed by atoms with van der Waals surface area (Å²) in [6, 6.07) is 3.87. The van der Waals surface area contributed by atoms with Gasteiger partial charge in [-0.15, -0.1) is 0 Å². The zero-order valence-electron chi connectivity index (χ0n) is 12.6. The second-order valence-corrected chi connectivity index (χ2v) is 5.49. The van der Waals surface area contributed by atoms with E-state index in [2.05, 4.69) is 10.2 Å². The van der Waals surface area contributed by atoms with Crippen molar-refractivity contribution in [3.05, 3.63) is 28.8 Å². The number of amides is 1. The van der Waals surface area contributed by atoms with Crippen molar-refractivity contribution in [3.63, 3.8) is 0 Å². The lowest BCUT2D eigenvalue weighted by Gasteiger charge is -2.18. The van der Waals surface area contributed by atoms with Gasteiger partial charge in [0.2, 0.25) is 0 Å². The van der Waals surface area contributed by atoms with Crippen LogP contribution in [0.2, 0.25) is 0 Å². The second kappa shape index (κ2) is 6.57. The smallest absolute Gasteiger partial charge is 0.251 e. The average molecular weight is 263 g/mol. The third-order valence-corrected chi connectivity index (χ3v) is 3.24. The van der Waals surface area contributed by atoms with E-state index in [4.69, 9.17) is 5.73 Å². The van der Waals surface area contributed by atoms with Crippen molar-refractivity contribution >= 4 is 11.6 Å². The van der Waals surface area contributed by atoms with Crippen LogP contribution in [0.4, 0.5) is 5.69 Å². The van der Waals surface area contributed by atoms with Gasteiger partial charge in [-0.1, -0.05) is 6.07 Å². The van der Waals surface area contributed by atoms with Crippen molar-refractivity contribution in [2.75, 3.05) is 26.4 Å². The van der Waals surface area contributed by atoms with Gasteiger partial charge in [-0.3, -0.25) is 4.79 Å². The molecule has 1 aromatic rings. The van der Waals surface area contributed by atoms with Gasteiger partial charge in [-0.2, -0.15) is 0 Å². The second-order valence-electron chi connectivity index (χ2n) is 5.49. The summed E-state index contributed by atoms with van der Waals surface area (Å²) < 4.78 is 0. The molecule has 0 saturated carbocycles. The normalized spacial score (nSPS) is 12.5. The lowest BCUT2D eigenvalue weighted by Crippen LogP contribution is -2.35. The number of rotatable bonds is 5. The van der Waals surface area contributed by atoms with Crippen LogP contribution in [0.1, 0.15) is 34.8 Å². The molecule has 4 heteroatoms. The summed E-state index contributed by atoms with van der Waals surface area (Å²) in [6.07, 6.45) is 0.930. The van der Waals surface area contributed by atoms with Crippen molar-refractivity contribution in [2.24, 2.45) is 0 Å². The molecule has 1 atom stereocenters. The van der Waals surface area contributed by atoms with E-state index < -0.39 is 0 Å². The Hall–Kier alpha value is -1.55. The Kier molecular flexibility index (Phi) is 5.36. The Bertz CT molecular complexity index is 455. The van der Waals surface area contributed by atoms with Crippen LogP contribution in [-0.4, -0.2) is 37.5 Å². The van der Waals surface area contributed by atoms with E-state index in [1.807, 2.05) is 40.9 Å². The molecule has 0 aliphatic heterocycles. The average Bonchev–Trinajstić information content (AvgIpc) is 2.31. The predicted molar refractivity (Wildman–Crippen MR) is 80.4 cm³/mol. The Balaban J connectivity index is 2.70. The molecular formula is C15H25N3O. The zero-order chi connectivity index (χ0) is 14.6. The van der Waals surface area contributed by atoms with E-state index >= 15 is 0 Å². The van der Waals surface area contributed by atoms with Gasteiger partial charge >= 0.3 is 0 Å². The number of carbonyl (C=O) groups is 1. The maximum Gasteiger partial charge on any atom is 0.251 e. The first-order chi connectivity index (χ1) is 8.81. The summed E-state index contributed by atoms with van der Waals surface area (Å²) in [5, 5.41) is 3.02. The van der Waals surface area contributed by atoms with Gasteiger partial charge in [0.15, 0.2) is 0 Å². The van der Waals surface area contributed by atoms with Crippen LogP contribution in [-0.2, 0) is 0 Å². The van der Waals surface area contributed by atoms with Gasteiger partial charge < -0.3 is 16.0 Å². The Morgan fingerprint density at radius 3 is 2.53 bits per heavy atom. The molecule has 106 valence electrons. The minimum absolute atomic E-state index is 0.0459. The first kappa shape index (κ1) is 15.5. The molecular weight excluding hydrogens is 238 g/mol. The number of nitrogen functional groups attached to an aromatic ring is 1. The minimum Gasteiger partial charge on any atom is -0.398 e. The van der Waals surface area contributed by atoms with Gasteiger partial charge in [-0.25, -0.2) is 0 Å². The quantitative estimate of drug-likeness (QED) is 0.798. The molecule has 1 unspecified atom stereocenters. The van der Waals surface area contributed by atoms with Crippen molar-refractivity contribution in [1.29, 1.82) is 0 Å². The highest BCUT2D eigenvalue weighted by Gasteiger charge is 2.13. The molecule has 0 aliphatic rings.